The summed E-state index contributed by atoms with van der Waals surface area (Å²) >= 11 is 1.62. The van der Waals surface area contributed by atoms with Crippen molar-refractivity contribution in [3.05, 3.63) is 0 Å². The number of carboxylic acid groups (broad SMARTS) is 1. The Morgan fingerprint density at radius 2 is 2.00 bits per heavy atom. The van der Waals surface area contributed by atoms with Gasteiger partial charge in [-0.1, -0.05) is 5.92 Å². The number of terminal acetylenes is 1. The Labute approximate surface area is 123 Å². The molecule has 1 heterocycles. The Kier molecular flexibility index (Phi) is 7.92. The minimum Gasteiger partial charge on any atom is -0.481 e. The van der Waals surface area contributed by atoms with Crippen LogP contribution in [0.2, 0.25) is 0 Å². The van der Waals surface area contributed by atoms with Gasteiger partial charge in [0.25, 0.3) is 0 Å². The molecule has 0 aliphatic carbocycles. The average molecular weight is 299 g/mol. The van der Waals surface area contributed by atoms with E-state index in [4.69, 9.17) is 11.5 Å². The van der Waals surface area contributed by atoms with Gasteiger partial charge in [-0.25, -0.2) is 4.79 Å². The summed E-state index contributed by atoms with van der Waals surface area (Å²) in [6.45, 7) is 3.91. The van der Waals surface area contributed by atoms with Crippen LogP contribution in [0.1, 0.15) is 6.42 Å². The fourth-order valence-electron chi connectivity index (χ4n) is 1.90. The molecule has 0 saturated carbocycles. The number of piperazine rings is 1. The number of nitrogens with zero attached hydrogens (tertiary/aromatic N) is 2. The van der Waals surface area contributed by atoms with E-state index in [1.54, 1.807) is 16.7 Å². The van der Waals surface area contributed by atoms with Crippen LogP contribution in [0, 0.1) is 12.3 Å². The summed E-state index contributed by atoms with van der Waals surface area (Å²) in [4.78, 5) is 26.2. The third-order valence-corrected chi connectivity index (χ3v) is 3.87. The fraction of sp³-hybridized carbons (Fsp3) is 0.692. The predicted molar refractivity (Wildman–Crippen MR) is 79.8 cm³/mol. The van der Waals surface area contributed by atoms with Crippen LogP contribution in [-0.2, 0) is 4.79 Å². The Bertz CT molecular complexity index is 362. The van der Waals surface area contributed by atoms with E-state index < -0.39 is 5.97 Å². The van der Waals surface area contributed by atoms with E-state index in [1.807, 2.05) is 0 Å². The lowest BCUT2D eigenvalue weighted by molar-refractivity contribution is -0.137. The highest BCUT2D eigenvalue weighted by Gasteiger charge is 2.20. The molecule has 0 aromatic carbocycles. The first-order valence-electron chi connectivity index (χ1n) is 6.61. The summed E-state index contributed by atoms with van der Waals surface area (Å²) in [5, 5.41) is 11.5. The first kappa shape index (κ1) is 16.7. The van der Waals surface area contributed by atoms with Crippen molar-refractivity contribution in [2.45, 2.75) is 6.42 Å². The van der Waals surface area contributed by atoms with Crippen LogP contribution < -0.4 is 5.32 Å². The Morgan fingerprint density at radius 1 is 1.30 bits per heavy atom. The van der Waals surface area contributed by atoms with Gasteiger partial charge in [0, 0.05) is 45.0 Å². The van der Waals surface area contributed by atoms with Gasteiger partial charge in [-0.05, 0) is 0 Å². The second kappa shape index (κ2) is 9.50. The van der Waals surface area contributed by atoms with Crippen LogP contribution in [0.25, 0.3) is 0 Å². The van der Waals surface area contributed by atoms with E-state index in [2.05, 4.69) is 16.1 Å². The maximum Gasteiger partial charge on any atom is 0.317 e. The number of carbonyl (C=O) groups is 2. The van der Waals surface area contributed by atoms with Crippen LogP contribution in [0.15, 0.2) is 0 Å². The zero-order valence-corrected chi connectivity index (χ0v) is 12.3. The fourth-order valence-corrected chi connectivity index (χ4v) is 2.41. The van der Waals surface area contributed by atoms with Crippen molar-refractivity contribution in [2.24, 2.45) is 0 Å². The normalized spacial score (nSPS) is 15.7. The molecule has 1 fully saturated rings. The number of hydrogen-bond donors (Lipinski definition) is 2. The van der Waals surface area contributed by atoms with Gasteiger partial charge >= 0.3 is 12.0 Å². The van der Waals surface area contributed by atoms with Crippen molar-refractivity contribution in [2.75, 3.05) is 50.8 Å². The Balaban J connectivity index is 2.12. The molecule has 1 rings (SSSR count). The van der Waals surface area contributed by atoms with Crippen LogP contribution in [0.4, 0.5) is 4.79 Å². The van der Waals surface area contributed by atoms with Gasteiger partial charge in [0.1, 0.15) is 0 Å². The third-order valence-electron chi connectivity index (χ3n) is 3.01. The van der Waals surface area contributed by atoms with E-state index in [0.717, 1.165) is 18.8 Å². The molecule has 20 heavy (non-hydrogen) atoms. The number of hydrogen-bond acceptors (Lipinski definition) is 4. The molecular formula is C13H21N3O3S. The molecule has 1 aliphatic heterocycles. The molecule has 0 radical (unpaired) electrons. The summed E-state index contributed by atoms with van der Waals surface area (Å²) in [6, 6.07) is -0.0517. The standard InChI is InChI=1S/C13H21N3O3S/c1-2-10-20-11-4-14-13(19)16-8-6-15(7-9-16)5-3-12(17)18/h1H,3-11H2,(H,14,19)(H,17,18). The zero-order valence-electron chi connectivity index (χ0n) is 11.5. The number of thioether (sulfide) groups is 1. The predicted octanol–water partition coefficient (Wildman–Crippen LogP) is 0.155. The van der Waals surface area contributed by atoms with Crippen molar-refractivity contribution in [1.82, 2.24) is 15.1 Å². The number of aliphatic carboxylic acids is 1. The van der Waals surface area contributed by atoms with E-state index in [0.29, 0.717) is 31.9 Å². The number of nitrogens with one attached hydrogen (secondary N) is 1. The second-order valence-electron chi connectivity index (χ2n) is 4.46. The topological polar surface area (TPSA) is 72.9 Å². The molecule has 1 aliphatic rings. The first-order chi connectivity index (χ1) is 9.63. The quantitative estimate of drug-likeness (QED) is 0.517. The van der Waals surface area contributed by atoms with Crippen LogP contribution in [0.5, 0.6) is 0 Å². The zero-order chi connectivity index (χ0) is 14.8. The largest absolute Gasteiger partial charge is 0.481 e. The van der Waals surface area contributed by atoms with Crippen LogP contribution in [0.3, 0.4) is 0 Å². The van der Waals surface area contributed by atoms with E-state index >= 15 is 0 Å². The van der Waals surface area contributed by atoms with Crippen LogP contribution >= 0.6 is 11.8 Å². The average Bonchev–Trinajstić information content (AvgIpc) is 2.45. The SMILES string of the molecule is C#CCSCCNC(=O)N1CCN(CCC(=O)O)CC1. The molecule has 7 heteroatoms. The summed E-state index contributed by atoms with van der Waals surface area (Å²) in [7, 11) is 0. The highest BCUT2D eigenvalue weighted by Crippen LogP contribution is 2.03. The molecule has 0 aromatic heterocycles. The first-order valence-corrected chi connectivity index (χ1v) is 7.77. The molecule has 2 N–H and O–H groups in total. The summed E-state index contributed by atoms with van der Waals surface area (Å²) in [5.41, 5.74) is 0. The lowest BCUT2D eigenvalue weighted by Crippen LogP contribution is -2.52. The van der Waals surface area contributed by atoms with Crippen LogP contribution in [-0.4, -0.2) is 77.7 Å². The minimum atomic E-state index is -0.783. The molecule has 112 valence electrons. The molecule has 1 saturated heterocycles. The number of amides is 2. The molecular weight excluding hydrogens is 278 g/mol. The molecule has 0 spiro atoms. The molecule has 6 nitrogen and oxygen atoms in total. The van der Waals surface area contributed by atoms with Crippen molar-refractivity contribution >= 4 is 23.8 Å². The van der Waals surface area contributed by atoms with Gasteiger partial charge < -0.3 is 15.3 Å². The minimum absolute atomic E-state index is 0.0517. The molecule has 0 atom stereocenters. The molecule has 0 unspecified atom stereocenters. The summed E-state index contributed by atoms with van der Waals surface area (Å²) < 4.78 is 0. The van der Waals surface area contributed by atoms with Gasteiger partial charge in [0.15, 0.2) is 0 Å². The maximum atomic E-state index is 11.9. The van der Waals surface area contributed by atoms with E-state index in [-0.39, 0.29) is 12.5 Å². The van der Waals surface area contributed by atoms with E-state index in [9.17, 15) is 9.59 Å². The highest BCUT2D eigenvalue weighted by molar-refractivity contribution is 7.99. The third kappa shape index (κ3) is 6.68. The highest BCUT2D eigenvalue weighted by atomic mass is 32.2. The number of carbonyl (C=O) groups excluding carboxylic acids is 1. The number of rotatable bonds is 7. The van der Waals surface area contributed by atoms with Gasteiger partial charge in [-0.3, -0.25) is 9.69 Å². The number of carboxylic acids is 1. The van der Waals surface area contributed by atoms with Gasteiger partial charge in [-0.15, -0.1) is 18.2 Å². The van der Waals surface area contributed by atoms with Crippen molar-refractivity contribution < 1.29 is 14.7 Å². The second-order valence-corrected chi connectivity index (χ2v) is 5.57. The maximum absolute atomic E-state index is 11.9. The van der Waals surface area contributed by atoms with Crippen molar-refractivity contribution in [3.63, 3.8) is 0 Å². The molecule has 2 amide bonds. The molecule has 0 bridgehead atoms. The van der Waals surface area contributed by atoms with Crippen molar-refractivity contribution in [3.8, 4) is 12.3 Å². The monoisotopic (exact) mass is 299 g/mol. The van der Waals surface area contributed by atoms with Gasteiger partial charge in [-0.2, -0.15) is 0 Å². The number of urea groups is 1. The van der Waals surface area contributed by atoms with Gasteiger partial charge in [0.05, 0.1) is 12.2 Å². The summed E-state index contributed by atoms with van der Waals surface area (Å²) in [6.07, 6.45) is 5.29. The lowest BCUT2D eigenvalue weighted by Gasteiger charge is -2.34. The summed E-state index contributed by atoms with van der Waals surface area (Å²) in [5.74, 6) is 3.23. The lowest BCUT2D eigenvalue weighted by atomic mass is 10.3. The van der Waals surface area contributed by atoms with Crippen molar-refractivity contribution in [1.29, 1.82) is 0 Å². The molecule has 0 aromatic rings. The Hall–Kier alpha value is -1.39. The van der Waals surface area contributed by atoms with Gasteiger partial charge in [0.2, 0.25) is 0 Å². The van der Waals surface area contributed by atoms with E-state index in [1.165, 1.54) is 0 Å². The Morgan fingerprint density at radius 3 is 2.60 bits per heavy atom. The smallest absolute Gasteiger partial charge is 0.317 e.